The molecule has 0 aromatic heterocycles. The highest BCUT2D eigenvalue weighted by Gasteiger charge is 2.51. The first-order valence-corrected chi connectivity index (χ1v) is 32.8. The van der Waals surface area contributed by atoms with Gasteiger partial charge in [-0.05, 0) is 114 Å². The molecule has 2 aliphatic rings. The Bertz CT molecular complexity index is 1370. The zero-order valence-electron chi connectivity index (χ0n) is 42.9. The fourth-order valence-corrected chi connectivity index (χ4v) is 18.9. The molecule has 1 unspecified atom stereocenters. The second-order valence-corrected chi connectivity index (χ2v) is 33.4. The van der Waals surface area contributed by atoms with Crippen LogP contribution in [0.4, 0.5) is 0 Å². The van der Waals surface area contributed by atoms with Gasteiger partial charge in [0.2, 0.25) is 0 Å². The average Bonchev–Trinajstić information content (AvgIpc) is 4.03. The molecule has 0 aliphatic carbocycles. The molecular formula is C50H96O9Si3. The zero-order chi connectivity index (χ0) is 46.9. The number of allylic oxidation sites excluding steroid dienone is 2. The molecule has 2 heterocycles. The maximum absolute atomic E-state index is 14.0. The molecule has 362 valence electrons. The van der Waals surface area contributed by atoms with Gasteiger partial charge in [-0.1, -0.05) is 113 Å². The summed E-state index contributed by atoms with van der Waals surface area (Å²) in [6.45, 7) is 37.5. The van der Waals surface area contributed by atoms with Crippen LogP contribution in [-0.4, -0.2) is 96.8 Å². The number of hydrogen-bond donors (Lipinski definition) is 1. The van der Waals surface area contributed by atoms with Gasteiger partial charge in [0.15, 0.2) is 31.2 Å². The Morgan fingerprint density at radius 3 is 1.98 bits per heavy atom. The van der Waals surface area contributed by atoms with Crippen molar-refractivity contribution in [3.8, 4) is 0 Å². The van der Waals surface area contributed by atoms with Crippen molar-refractivity contribution in [2.24, 2.45) is 11.8 Å². The van der Waals surface area contributed by atoms with Gasteiger partial charge in [-0.3, -0.25) is 4.79 Å². The Morgan fingerprint density at radius 1 is 0.903 bits per heavy atom. The molecule has 1 N–H and O–H groups in total. The third-order valence-electron chi connectivity index (χ3n) is 15.2. The van der Waals surface area contributed by atoms with Crippen molar-refractivity contribution < 1.29 is 42.1 Å². The van der Waals surface area contributed by atoms with Gasteiger partial charge in [-0.25, -0.2) is 0 Å². The summed E-state index contributed by atoms with van der Waals surface area (Å²) in [5.74, 6) is -0.197. The highest BCUT2D eigenvalue weighted by molar-refractivity contribution is 6.74. The summed E-state index contributed by atoms with van der Waals surface area (Å²) in [6.07, 6.45) is 11.2. The summed E-state index contributed by atoms with van der Waals surface area (Å²) in [5.41, 5.74) is -0.577. The van der Waals surface area contributed by atoms with E-state index in [0.717, 1.165) is 72.8 Å². The summed E-state index contributed by atoms with van der Waals surface area (Å²) in [4.78, 5) is 14.0. The molecule has 2 rings (SSSR count). The number of carbonyl (C=O) groups is 1. The fourth-order valence-electron chi connectivity index (χ4n) is 9.88. The summed E-state index contributed by atoms with van der Waals surface area (Å²) in [7, 11) is -5.86. The van der Waals surface area contributed by atoms with Gasteiger partial charge in [0.05, 0.1) is 35.9 Å². The van der Waals surface area contributed by atoms with Crippen LogP contribution < -0.4 is 0 Å². The molecule has 0 aromatic rings. The summed E-state index contributed by atoms with van der Waals surface area (Å²) in [5, 5.41) is 11.8. The molecule has 9 nitrogen and oxygen atoms in total. The number of aliphatic hydroxyl groups excluding tert-OH is 1. The molecule has 1 saturated heterocycles. The second-order valence-electron chi connectivity index (χ2n) is 19.2. The topological polar surface area (TPSA) is 105 Å². The largest absolute Gasteiger partial charge is 0.457 e. The lowest BCUT2D eigenvalue weighted by Gasteiger charge is -2.39. The number of hydrogen-bond acceptors (Lipinski definition) is 9. The number of epoxide rings is 1. The standard InChI is InChI=1S/C50H96O9Si3/c1-18-43(58-61(23-6,24-7)25-8)40(14)48-44(54-48)37-49(16,59-62(26-9,27-10)28-11)34-29-30-38(12)47-39(13)31-32-45(51)50(17,56-41(15)53-19-2)35-33-42(36-46(52)55-47)57-60(20-3,21-4)22-5/h29-32,34,39-45,47-48,51H,18-28,33,35-37H2,1-17H3/b32-31+,34-29+,38-30+/t39-,40+,41?,42+,43-,44-,45-,47+,48-,49-,50+/m0/s1. The van der Waals surface area contributed by atoms with Gasteiger partial charge in [-0.15, -0.1) is 0 Å². The van der Waals surface area contributed by atoms with Crippen molar-refractivity contribution in [3.63, 3.8) is 0 Å². The Hall–Kier alpha value is -0.939. The van der Waals surface area contributed by atoms with Gasteiger partial charge in [-0.2, -0.15) is 0 Å². The number of carbonyl (C=O) groups excluding carboxylic acids is 1. The molecule has 2 aliphatic heterocycles. The van der Waals surface area contributed by atoms with Gasteiger partial charge in [0.1, 0.15) is 12.2 Å². The van der Waals surface area contributed by atoms with E-state index in [1.54, 1.807) is 6.08 Å². The molecule has 0 aromatic carbocycles. The van der Waals surface area contributed by atoms with Crippen LogP contribution in [0.15, 0.2) is 36.0 Å². The zero-order valence-corrected chi connectivity index (χ0v) is 45.9. The first-order valence-electron chi connectivity index (χ1n) is 25.2. The number of ether oxygens (including phenoxy) is 4. The minimum atomic E-state index is -2.08. The summed E-state index contributed by atoms with van der Waals surface area (Å²) < 4.78 is 46.5. The van der Waals surface area contributed by atoms with E-state index in [4.69, 9.17) is 32.2 Å². The average molecular weight is 926 g/mol. The van der Waals surface area contributed by atoms with E-state index in [2.05, 4.69) is 101 Å². The molecule has 0 spiro atoms. The van der Waals surface area contributed by atoms with E-state index in [1.165, 1.54) is 0 Å². The van der Waals surface area contributed by atoms with E-state index >= 15 is 0 Å². The first-order chi connectivity index (χ1) is 29.2. The summed E-state index contributed by atoms with van der Waals surface area (Å²) in [6, 6.07) is 9.52. The molecule has 12 heteroatoms. The number of esters is 1. The third-order valence-corrected chi connectivity index (χ3v) is 29.3. The SMILES string of the molecule is CCOC(C)O[C@]1(C)CC[C@@H](O[Si](CC)(CC)CC)CC(=O)O[C@H](/C(C)=C/C=C/[C@@](C)(C[C@@H]2O[C@H]2[C@H](C)[C@H](CC)O[Si](CC)(CC)CC)O[Si](CC)(CC)CC)[C@@H](C)/C=C/[C@@H]1O. The minimum absolute atomic E-state index is 0.0979. The highest BCUT2D eigenvalue weighted by atomic mass is 28.4. The van der Waals surface area contributed by atoms with Crippen LogP contribution >= 0.6 is 0 Å². The first kappa shape index (κ1) is 57.2. The molecule has 1 fully saturated rings. The van der Waals surface area contributed by atoms with Crippen LogP contribution in [0.3, 0.4) is 0 Å². The van der Waals surface area contributed by atoms with Crippen molar-refractivity contribution in [2.75, 3.05) is 6.61 Å². The van der Waals surface area contributed by atoms with E-state index in [9.17, 15) is 9.90 Å². The van der Waals surface area contributed by atoms with Crippen LogP contribution in [0.2, 0.25) is 54.4 Å². The minimum Gasteiger partial charge on any atom is -0.457 e. The lowest BCUT2D eigenvalue weighted by molar-refractivity contribution is -0.221. The van der Waals surface area contributed by atoms with Crippen LogP contribution in [0.25, 0.3) is 0 Å². The smallest absolute Gasteiger partial charge is 0.308 e. The predicted octanol–water partition coefficient (Wildman–Crippen LogP) is 13.1. The van der Waals surface area contributed by atoms with E-state index in [1.807, 2.05) is 40.7 Å². The van der Waals surface area contributed by atoms with E-state index in [-0.39, 0.29) is 42.7 Å². The Morgan fingerprint density at radius 2 is 1.47 bits per heavy atom. The Balaban J connectivity index is 2.53. The quantitative estimate of drug-likeness (QED) is 0.0215. The van der Waals surface area contributed by atoms with E-state index < -0.39 is 54.7 Å². The third kappa shape index (κ3) is 16.1. The maximum Gasteiger partial charge on any atom is 0.308 e. The molecule has 0 saturated carbocycles. The van der Waals surface area contributed by atoms with Crippen molar-refractivity contribution >= 4 is 30.9 Å². The Labute approximate surface area is 384 Å². The van der Waals surface area contributed by atoms with Crippen LogP contribution in [0.1, 0.15) is 150 Å². The molecule has 62 heavy (non-hydrogen) atoms. The van der Waals surface area contributed by atoms with Crippen molar-refractivity contribution in [1.82, 2.24) is 0 Å². The summed E-state index contributed by atoms with van der Waals surface area (Å²) >= 11 is 0. The maximum atomic E-state index is 14.0. The lowest BCUT2D eigenvalue weighted by atomic mass is 9.88. The van der Waals surface area contributed by atoms with Crippen LogP contribution in [0.5, 0.6) is 0 Å². The predicted molar refractivity (Wildman–Crippen MR) is 265 cm³/mol. The lowest BCUT2D eigenvalue weighted by Crippen LogP contribution is -2.46. The molecular weight excluding hydrogens is 829 g/mol. The van der Waals surface area contributed by atoms with Crippen LogP contribution in [0, 0.1) is 11.8 Å². The van der Waals surface area contributed by atoms with Crippen molar-refractivity contribution in [2.45, 2.75) is 258 Å². The normalized spacial score (nSPS) is 29.0. The van der Waals surface area contributed by atoms with Crippen molar-refractivity contribution in [1.29, 1.82) is 0 Å². The van der Waals surface area contributed by atoms with E-state index in [0.29, 0.717) is 25.4 Å². The number of cyclic esters (lactones) is 1. The second kappa shape index (κ2) is 26.4. The van der Waals surface area contributed by atoms with Gasteiger partial charge in [0, 0.05) is 31.0 Å². The van der Waals surface area contributed by atoms with Gasteiger partial charge >= 0.3 is 5.97 Å². The van der Waals surface area contributed by atoms with Gasteiger partial charge < -0.3 is 37.3 Å². The van der Waals surface area contributed by atoms with Crippen LogP contribution in [-0.2, 0) is 37.0 Å². The Kier molecular flexibility index (Phi) is 24.4. The van der Waals surface area contributed by atoms with Gasteiger partial charge in [0.25, 0.3) is 0 Å². The molecule has 0 bridgehead atoms. The molecule has 11 atom stereocenters. The highest BCUT2D eigenvalue weighted by Crippen LogP contribution is 2.43. The molecule has 0 amide bonds. The number of aliphatic hydroxyl groups is 1. The number of rotatable bonds is 27. The van der Waals surface area contributed by atoms with Crippen molar-refractivity contribution in [3.05, 3.63) is 36.0 Å². The monoisotopic (exact) mass is 925 g/mol. The molecule has 0 radical (unpaired) electrons. The fraction of sp³-hybridized carbons (Fsp3) is 0.860.